The van der Waals surface area contributed by atoms with E-state index >= 15 is 0 Å². The van der Waals surface area contributed by atoms with Gasteiger partial charge in [0.15, 0.2) is 9.76 Å². The highest BCUT2D eigenvalue weighted by Crippen LogP contribution is 2.16. The lowest BCUT2D eigenvalue weighted by Gasteiger charge is -2.06. The largest absolute Gasteiger partial charge is 0.422 e. The molecule has 0 bridgehead atoms. The van der Waals surface area contributed by atoms with Gasteiger partial charge in [-0.3, -0.25) is 0 Å². The maximum absolute atomic E-state index is 5.23. The van der Waals surface area contributed by atoms with Gasteiger partial charge in [-0.15, -0.1) is 0 Å². The van der Waals surface area contributed by atoms with Crippen LogP contribution in [0.3, 0.4) is 0 Å². The first-order chi connectivity index (χ1) is 6.25. The van der Waals surface area contributed by atoms with Crippen LogP contribution < -0.4 is 0 Å². The second-order valence-corrected chi connectivity index (χ2v) is 5.13. The number of hydrogen-bond donors (Lipinski definition) is 0. The Kier molecular flexibility index (Phi) is 3.93. The molecule has 0 aliphatic rings. The smallest absolute Gasteiger partial charge is 0.187 e. The van der Waals surface area contributed by atoms with Crippen LogP contribution in [0.1, 0.15) is 19.4 Å². The van der Waals surface area contributed by atoms with Crippen molar-refractivity contribution in [2.75, 3.05) is 7.11 Å². The van der Waals surface area contributed by atoms with E-state index in [0.717, 1.165) is 0 Å². The van der Waals surface area contributed by atoms with Crippen molar-refractivity contribution in [3.63, 3.8) is 0 Å². The van der Waals surface area contributed by atoms with E-state index in [1.807, 2.05) is 6.07 Å². The van der Waals surface area contributed by atoms with Gasteiger partial charge in [-0.2, -0.15) is 0 Å². The first kappa shape index (κ1) is 10.2. The van der Waals surface area contributed by atoms with Gasteiger partial charge in [0.05, 0.1) is 0 Å². The number of rotatable bonds is 3. The zero-order valence-electron chi connectivity index (χ0n) is 8.50. The van der Waals surface area contributed by atoms with Gasteiger partial charge in [0, 0.05) is 7.11 Å². The summed E-state index contributed by atoms with van der Waals surface area (Å²) in [6.45, 7) is 4.33. The van der Waals surface area contributed by atoms with Gasteiger partial charge in [-0.25, -0.2) is 0 Å². The third-order valence-corrected chi connectivity index (χ3v) is 3.46. The molecular formula is C11H16OSi. The minimum absolute atomic E-state index is 0.466. The normalized spacial score (nSPS) is 13.5. The van der Waals surface area contributed by atoms with Gasteiger partial charge in [-0.05, 0) is 25.0 Å². The number of hydrogen-bond acceptors (Lipinski definition) is 1. The Balaban J connectivity index is 2.89. The van der Waals surface area contributed by atoms with E-state index < -0.39 is 9.76 Å². The molecule has 0 unspecified atom stereocenters. The molecule has 1 aromatic carbocycles. The average Bonchev–Trinajstić information content (AvgIpc) is 2.18. The van der Waals surface area contributed by atoms with E-state index in [0.29, 0.717) is 0 Å². The lowest BCUT2D eigenvalue weighted by Crippen LogP contribution is -1.98. The summed E-state index contributed by atoms with van der Waals surface area (Å²) in [5, 5.41) is 1.42. The third-order valence-electron chi connectivity index (χ3n) is 2.21. The van der Waals surface area contributed by atoms with Crippen LogP contribution in [0.5, 0.6) is 0 Å². The van der Waals surface area contributed by atoms with Crippen molar-refractivity contribution in [2.45, 2.75) is 13.8 Å². The molecule has 1 rings (SSSR count). The van der Waals surface area contributed by atoms with Crippen LogP contribution in [0, 0.1) is 0 Å². The lowest BCUT2D eigenvalue weighted by molar-refractivity contribution is 0.447. The van der Waals surface area contributed by atoms with E-state index in [2.05, 4.69) is 38.1 Å². The van der Waals surface area contributed by atoms with Crippen LogP contribution in [0.15, 0.2) is 35.5 Å². The van der Waals surface area contributed by atoms with Crippen LogP contribution in [0.25, 0.3) is 5.57 Å². The predicted molar refractivity (Wildman–Crippen MR) is 60.3 cm³/mol. The molecule has 13 heavy (non-hydrogen) atoms. The lowest BCUT2D eigenvalue weighted by atomic mass is 10.1. The van der Waals surface area contributed by atoms with Gasteiger partial charge in [-0.1, -0.05) is 35.5 Å². The monoisotopic (exact) mass is 192 g/mol. The minimum Gasteiger partial charge on any atom is -0.422 e. The molecule has 0 aromatic heterocycles. The second-order valence-electron chi connectivity index (χ2n) is 3.20. The molecular weight excluding hydrogens is 176 g/mol. The molecule has 1 nitrogen and oxygen atoms in total. The highest BCUT2D eigenvalue weighted by Gasteiger charge is 1.99. The molecule has 0 amide bonds. The van der Waals surface area contributed by atoms with Crippen LogP contribution in [0.2, 0.25) is 0 Å². The minimum atomic E-state index is -0.466. The Hall–Kier alpha value is -0.863. The molecule has 0 N–H and O–H groups in total. The van der Waals surface area contributed by atoms with E-state index in [1.54, 1.807) is 7.11 Å². The van der Waals surface area contributed by atoms with Crippen molar-refractivity contribution in [2.24, 2.45) is 0 Å². The van der Waals surface area contributed by atoms with Crippen LogP contribution in [0.4, 0.5) is 0 Å². The number of benzene rings is 1. The molecule has 0 spiro atoms. The number of allylic oxidation sites excluding steroid dienone is 2. The molecule has 0 radical (unpaired) electrons. The van der Waals surface area contributed by atoms with Gasteiger partial charge < -0.3 is 4.43 Å². The first-order valence-electron chi connectivity index (χ1n) is 4.46. The van der Waals surface area contributed by atoms with E-state index in [4.69, 9.17) is 4.43 Å². The Morgan fingerprint density at radius 2 is 1.77 bits per heavy atom. The Morgan fingerprint density at radius 1 is 1.15 bits per heavy atom. The van der Waals surface area contributed by atoms with Gasteiger partial charge >= 0.3 is 0 Å². The Morgan fingerprint density at radius 3 is 2.31 bits per heavy atom. The average molecular weight is 192 g/mol. The topological polar surface area (TPSA) is 9.23 Å². The van der Waals surface area contributed by atoms with Crippen molar-refractivity contribution in [3.05, 3.63) is 41.1 Å². The van der Waals surface area contributed by atoms with Gasteiger partial charge in [0.2, 0.25) is 0 Å². The fraction of sp³-hybridized carbons (Fsp3) is 0.273. The third kappa shape index (κ3) is 2.83. The molecule has 0 aliphatic heterocycles. The second kappa shape index (κ2) is 4.99. The molecule has 0 aliphatic carbocycles. The fourth-order valence-electron chi connectivity index (χ4n) is 1.26. The van der Waals surface area contributed by atoms with Crippen molar-refractivity contribution >= 4 is 15.3 Å². The summed E-state index contributed by atoms with van der Waals surface area (Å²) in [5.41, 5.74) is 2.68. The molecule has 1 aromatic rings. The van der Waals surface area contributed by atoms with Crippen molar-refractivity contribution in [3.8, 4) is 0 Å². The summed E-state index contributed by atoms with van der Waals surface area (Å²) >= 11 is 0. The van der Waals surface area contributed by atoms with Crippen LogP contribution in [-0.4, -0.2) is 16.9 Å². The first-order valence-corrected chi connectivity index (χ1v) is 5.75. The van der Waals surface area contributed by atoms with Crippen LogP contribution in [-0.2, 0) is 4.43 Å². The summed E-state index contributed by atoms with van der Waals surface area (Å²) in [5.74, 6) is 0. The van der Waals surface area contributed by atoms with E-state index in [9.17, 15) is 0 Å². The quantitative estimate of drug-likeness (QED) is 0.667. The zero-order chi connectivity index (χ0) is 9.68. The Labute approximate surface area is 82.4 Å². The molecule has 0 atom stereocenters. The summed E-state index contributed by atoms with van der Waals surface area (Å²) in [6.07, 6.45) is 0. The summed E-state index contributed by atoms with van der Waals surface area (Å²) in [4.78, 5) is 0. The maximum atomic E-state index is 5.23. The molecule has 0 fully saturated rings. The summed E-state index contributed by atoms with van der Waals surface area (Å²) < 4.78 is 5.23. The Bertz CT molecular complexity index is 290. The highest BCUT2D eigenvalue weighted by molar-refractivity contribution is 6.39. The van der Waals surface area contributed by atoms with Gasteiger partial charge in [0.1, 0.15) is 0 Å². The fourth-order valence-corrected chi connectivity index (χ4v) is 2.11. The predicted octanol–water partition coefficient (Wildman–Crippen LogP) is 2.17. The summed E-state index contributed by atoms with van der Waals surface area (Å²) in [6, 6.07) is 10.5. The van der Waals surface area contributed by atoms with Crippen molar-refractivity contribution in [1.29, 1.82) is 0 Å². The van der Waals surface area contributed by atoms with E-state index in [1.165, 1.54) is 16.3 Å². The zero-order valence-corrected chi connectivity index (χ0v) is 9.92. The molecule has 70 valence electrons. The standard InChI is InChI=1S/C11H16OSi/c1-9(10(2)13-12-3)11-7-5-4-6-8-11/h4-8H,13H2,1-3H3. The summed E-state index contributed by atoms with van der Waals surface area (Å²) in [7, 11) is 1.32. The molecule has 0 saturated heterocycles. The van der Waals surface area contributed by atoms with Crippen molar-refractivity contribution in [1.82, 2.24) is 0 Å². The molecule has 0 heterocycles. The highest BCUT2D eigenvalue weighted by atomic mass is 28.2. The molecule has 2 heteroatoms. The molecule has 0 saturated carbocycles. The van der Waals surface area contributed by atoms with Crippen LogP contribution >= 0.6 is 0 Å². The van der Waals surface area contributed by atoms with Gasteiger partial charge in [0.25, 0.3) is 0 Å². The maximum Gasteiger partial charge on any atom is 0.187 e. The van der Waals surface area contributed by atoms with Crippen molar-refractivity contribution < 1.29 is 4.43 Å². The SMILES string of the molecule is CO[SiH2]C(C)=C(C)c1ccccc1. The van der Waals surface area contributed by atoms with E-state index in [-0.39, 0.29) is 0 Å².